The van der Waals surface area contributed by atoms with Crippen molar-refractivity contribution in [3.05, 3.63) is 40.1 Å². The average Bonchev–Trinajstić information content (AvgIpc) is 2.75. The van der Waals surface area contributed by atoms with Gasteiger partial charge in [0.15, 0.2) is 0 Å². The first-order chi connectivity index (χ1) is 8.19. The lowest BCUT2D eigenvalue weighted by Gasteiger charge is -2.17. The summed E-state index contributed by atoms with van der Waals surface area (Å²) in [5.41, 5.74) is 1.43. The van der Waals surface area contributed by atoms with Crippen molar-refractivity contribution < 1.29 is 0 Å². The molecular weight excluding hydrogens is 232 g/mol. The van der Waals surface area contributed by atoms with Crippen molar-refractivity contribution >= 4 is 17.0 Å². The molecule has 0 saturated heterocycles. The summed E-state index contributed by atoms with van der Waals surface area (Å²) in [5, 5.41) is 9.87. The summed E-state index contributed by atoms with van der Waals surface area (Å²) in [6, 6.07) is 5.73. The lowest BCUT2D eigenvalue weighted by molar-refractivity contribution is 0.933. The van der Waals surface area contributed by atoms with Gasteiger partial charge in [-0.1, -0.05) is 0 Å². The van der Waals surface area contributed by atoms with Crippen LogP contribution in [0.4, 0.5) is 5.69 Å². The van der Waals surface area contributed by atoms with Gasteiger partial charge in [0.1, 0.15) is 11.8 Å². The maximum Gasteiger partial charge on any atom is 0.142 e. The topological polar surface area (TPSA) is 52.8 Å². The SMILES string of the molecule is Cc1ncc(CN(C)c2ccnc(C#N)c2)s1. The molecule has 0 aliphatic heterocycles. The van der Waals surface area contributed by atoms with Crippen molar-refractivity contribution in [2.75, 3.05) is 11.9 Å². The highest BCUT2D eigenvalue weighted by Gasteiger charge is 2.05. The van der Waals surface area contributed by atoms with E-state index in [9.17, 15) is 0 Å². The minimum atomic E-state index is 0.440. The van der Waals surface area contributed by atoms with Crippen LogP contribution in [0, 0.1) is 18.3 Å². The number of aryl methyl sites for hydroxylation is 1. The van der Waals surface area contributed by atoms with E-state index in [1.807, 2.05) is 32.3 Å². The zero-order chi connectivity index (χ0) is 12.3. The molecule has 2 aromatic heterocycles. The highest BCUT2D eigenvalue weighted by atomic mass is 32.1. The maximum absolute atomic E-state index is 8.80. The molecule has 2 aromatic rings. The predicted molar refractivity (Wildman–Crippen MR) is 67.9 cm³/mol. The third-order valence-electron chi connectivity index (χ3n) is 2.36. The lowest BCUT2D eigenvalue weighted by Crippen LogP contribution is -2.15. The molecule has 0 atom stereocenters. The average molecular weight is 244 g/mol. The van der Waals surface area contributed by atoms with E-state index in [1.165, 1.54) is 4.88 Å². The van der Waals surface area contributed by atoms with Gasteiger partial charge in [-0.2, -0.15) is 5.26 Å². The van der Waals surface area contributed by atoms with E-state index in [0.717, 1.165) is 17.2 Å². The second-order valence-corrected chi connectivity index (χ2v) is 5.03. The second-order valence-electron chi connectivity index (χ2n) is 3.71. The highest BCUT2D eigenvalue weighted by molar-refractivity contribution is 7.11. The van der Waals surface area contributed by atoms with E-state index in [-0.39, 0.29) is 0 Å². The van der Waals surface area contributed by atoms with Gasteiger partial charge in [0.25, 0.3) is 0 Å². The van der Waals surface area contributed by atoms with Crippen LogP contribution in [0.25, 0.3) is 0 Å². The summed E-state index contributed by atoms with van der Waals surface area (Å²) < 4.78 is 0. The number of nitriles is 1. The smallest absolute Gasteiger partial charge is 0.142 e. The molecule has 17 heavy (non-hydrogen) atoms. The Morgan fingerprint density at radius 2 is 2.29 bits per heavy atom. The molecule has 0 radical (unpaired) electrons. The summed E-state index contributed by atoms with van der Waals surface area (Å²) in [6.45, 7) is 2.79. The number of thiazole rings is 1. The molecule has 0 saturated carbocycles. The van der Waals surface area contributed by atoms with E-state index >= 15 is 0 Å². The Balaban J connectivity index is 2.14. The van der Waals surface area contributed by atoms with Crippen LogP contribution in [0.3, 0.4) is 0 Å². The van der Waals surface area contributed by atoms with Crippen LogP contribution in [-0.2, 0) is 6.54 Å². The van der Waals surface area contributed by atoms with Gasteiger partial charge in [-0.05, 0) is 19.1 Å². The quantitative estimate of drug-likeness (QED) is 0.831. The number of hydrogen-bond acceptors (Lipinski definition) is 5. The first-order valence-electron chi connectivity index (χ1n) is 5.17. The van der Waals surface area contributed by atoms with Crippen molar-refractivity contribution in [2.24, 2.45) is 0 Å². The molecule has 0 unspecified atom stereocenters. The second kappa shape index (κ2) is 4.93. The Kier molecular flexibility index (Phi) is 3.35. The van der Waals surface area contributed by atoms with Crippen LogP contribution in [0.1, 0.15) is 15.6 Å². The molecular formula is C12H12N4S. The summed E-state index contributed by atoms with van der Waals surface area (Å²) in [6.07, 6.45) is 3.55. The van der Waals surface area contributed by atoms with Crippen molar-refractivity contribution in [2.45, 2.75) is 13.5 Å². The van der Waals surface area contributed by atoms with Crippen molar-refractivity contribution in [1.29, 1.82) is 5.26 Å². The van der Waals surface area contributed by atoms with Gasteiger partial charge >= 0.3 is 0 Å². The standard InChI is InChI=1S/C12H12N4S/c1-9-15-7-12(17-9)8-16(2)11-3-4-14-10(5-11)6-13/h3-5,7H,8H2,1-2H3. The summed E-state index contributed by atoms with van der Waals surface area (Å²) in [4.78, 5) is 11.5. The molecule has 2 heterocycles. The highest BCUT2D eigenvalue weighted by Crippen LogP contribution is 2.18. The number of anilines is 1. The van der Waals surface area contributed by atoms with E-state index in [4.69, 9.17) is 5.26 Å². The minimum absolute atomic E-state index is 0.440. The van der Waals surface area contributed by atoms with Crippen molar-refractivity contribution in [3.8, 4) is 6.07 Å². The summed E-state index contributed by atoms with van der Waals surface area (Å²) in [5.74, 6) is 0. The fraction of sp³-hybridized carbons (Fsp3) is 0.250. The minimum Gasteiger partial charge on any atom is -0.369 e. The molecule has 0 spiro atoms. The van der Waals surface area contributed by atoms with Gasteiger partial charge in [0, 0.05) is 30.0 Å². The van der Waals surface area contributed by atoms with Crippen LogP contribution in [0.15, 0.2) is 24.5 Å². The summed E-state index contributed by atoms with van der Waals surface area (Å²) in [7, 11) is 1.99. The van der Waals surface area contributed by atoms with Gasteiger partial charge in [0.05, 0.1) is 11.6 Å². The molecule has 0 bridgehead atoms. The van der Waals surface area contributed by atoms with Gasteiger partial charge < -0.3 is 4.90 Å². The van der Waals surface area contributed by atoms with Gasteiger partial charge in [-0.25, -0.2) is 9.97 Å². The Labute approximate surface area is 104 Å². The van der Waals surface area contributed by atoms with Crippen molar-refractivity contribution in [1.82, 2.24) is 9.97 Å². The molecule has 5 heteroatoms. The van der Waals surface area contributed by atoms with Crippen LogP contribution in [0.5, 0.6) is 0 Å². The van der Waals surface area contributed by atoms with E-state index in [0.29, 0.717) is 5.69 Å². The molecule has 0 aliphatic carbocycles. The Morgan fingerprint density at radius 3 is 2.94 bits per heavy atom. The Bertz CT molecular complexity index is 556. The molecule has 2 rings (SSSR count). The predicted octanol–water partition coefficient (Wildman–Crippen LogP) is 2.35. The Morgan fingerprint density at radius 1 is 1.47 bits per heavy atom. The normalized spacial score (nSPS) is 9.94. The maximum atomic E-state index is 8.80. The Hall–Kier alpha value is -1.93. The first-order valence-corrected chi connectivity index (χ1v) is 5.99. The zero-order valence-electron chi connectivity index (χ0n) is 9.71. The fourth-order valence-electron chi connectivity index (χ4n) is 1.52. The number of rotatable bonds is 3. The van der Waals surface area contributed by atoms with E-state index in [2.05, 4.69) is 14.9 Å². The van der Waals surface area contributed by atoms with Crippen LogP contribution in [-0.4, -0.2) is 17.0 Å². The largest absolute Gasteiger partial charge is 0.369 e. The number of pyridine rings is 1. The van der Waals surface area contributed by atoms with Gasteiger partial charge in [-0.15, -0.1) is 11.3 Å². The zero-order valence-corrected chi connectivity index (χ0v) is 10.5. The van der Waals surface area contributed by atoms with Gasteiger partial charge in [0.2, 0.25) is 0 Å². The molecule has 0 aliphatic rings. The fourth-order valence-corrected chi connectivity index (χ4v) is 2.37. The number of aromatic nitrogens is 2. The lowest BCUT2D eigenvalue weighted by atomic mass is 10.3. The number of hydrogen-bond donors (Lipinski definition) is 0. The van der Waals surface area contributed by atoms with E-state index in [1.54, 1.807) is 23.6 Å². The molecule has 86 valence electrons. The molecule has 0 amide bonds. The molecule has 0 N–H and O–H groups in total. The molecule has 0 aromatic carbocycles. The summed E-state index contributed by atoms with van der Waals surface area (Å²) >= 11 is 1.69. The molecule has 0 fully saturated rings. The van der Waals surface area contributed by atoms with Crippen LogP contribution in [0.2, 0.25) is 0 Å². The van der Waals surface area contributed by atoms with E-state index < -0.39 is 0 Å². The van der Waals surface area contributed by atoms with Crippen molar-refractivity contribution in [3.63, 3.8) is 0 Å². The molecule has 4 nitrogen and oxygen atoms in total. The third kappa shape index (κ3) is 2.80. The van der Waals surface area contributed by atoms with Gasteiger partial charge in [-0.3, -0.25) is 0 Å². The third-order valence-corrected chi connectivity index (χ3v) is 3.26. The van der Waals surface area contributed by atoms with Crippen LogP contribution < -0.4 is 4.90 Å². The van der Waals surface area contributed by atoms with Crippen LogP contribution >= 0.6 is 11.3 Å². The monoisotopic (exact) mass is 244 g/mol. The first kappa shape index (κ1) is 11.6. The number of nitrogens with zero attached hydrogens (tertiary/aromatic N) is 4.